The first-order valence-corrected chi connectivity index (χ1v) is 8.22. The topological polar surface area (TPSA) is 41.1 Å². The summed E-state index contributed by atoms with van der Waals surface area (Å²) in [7, 11) is 0. The van der Waals surface area contributed by atoms with Crippen molar-refractivity contribution < 1.29 is 0 Å². The van der Waals surface area contributed by atoms with Gasteiger partial charge in [0.1, 0.15) is 5.82 Å². The van der Waals surface area contributed by atoms with Gasteiger partial charge in [-0.25, -0.2) is 4.98 Å². The van der Waals surface area contributed by atoms with Crippen molar-refractivity contribution in [2.45, 2.75) is 32.6 Å². The molecule has 0 spiro atoms. The van der Waals surface area contributed by atoms with Gasteiger partial charge in [-0.3, -0.25) is 0 Å². The van der Waals surface area contributed by atoms with E-state index >= 15 is 0 Å². The fraction of sp³-hybridized carbons (Fsp3) is 0.412. The lowest BCUT2D eigenvalue weighted by molar-refractivity contribution is 0.726. The lowest BCUT2D eigenvalue weighted by atomic mass is 10.2. The van der Waals surface area contributed by atoms with E-state index in [0.29, 0.717) is 5.95 Å². The van der Waals surface area contributed by atoms with Crippen LogP contribution in [0.2, 0.25) is 5.02 Å². The zero-order valence-electron chi connectivity index (χ0n) is 12.8. The average Bonchev–Trinajstić information content (AvgIpc) is 2.81. The lowest BCUT2D eigenvalue weighted by Gasteiger charge is -2.21. The van der Waals surface area contributed by atoms with Gasteiger partial charge in [0.25, 0.3) is 0 Å². The Morgan fingerprint density at radius 1 is 1.09 bits per heavy atom. The van der Waals surface area contributed by atoms with Gasteiger partial charge in [0.2, 0.25) is 5.95 Å². The molecule has 116 valence electrons. The summed E-state index contributed by atoms with van der Waals surface area (Å²) in [4.78, 5) is 11.3. The lowest BCUT2D eigenvalue weighted by Crippen LogP contribution is -2.25. The maximum absolute atomic E-state index is 6.16. The van der Waals surface area contributed by atoms with Crippen LogP contribution in [0.4, 0.5) is 17.5 Å². The van der Waals surface area contributed by atoms with Crippen LogP contribution in [-0.2, 0) is 0 Å². The zero-order valence-corrected chi connectivity index (χ0v) is 13.6. The highest BCUT2D eigenvalue weighted by Crippen LogP contribution is 2.25. The standard InChI is InChI=1S/C17H21ClN4/c1-13-14(18)7-6-8-15(13)20-17-19-10-9-16(21-17)22-11-4-2-3-5-12-22/h6-10H,2-5,11-12H2,1H3,(H,19,20,21). The molecule has 0 bridgehead atoms. The van der Waals surface area contributed by atoms with Crippen molar-refractivity contribution in [1.29, 1.82) is 0 Å². The summed E-state index contributed by atoms with van der Waals surface area (Å²) in [5.41, 5.74) is 1.95. The number of nitrogens with one attached hydrogen (secondary N) is 1. The summed E-state index contributed by atoms with van der Waals surface area (Å²) < 4.78 is 0. The van der Waals surface area contributed by atoms with Gasteiger partial charge < -0.3 is 10.2 Å². The predicted octanol–water partition coefficient (Wildman–Crippen LogP) is 4.56. The number of halogens is 1. The van der Waals surface area contributed by atoms with Crippen molar-refractivity contribution >= 4 is 29.1 Å². The van der Waals surface area contributed by atoms with E-state index in [1.165, 1.54) is 25.7 Å². The quantitative estimate of drug-likeness (QED) is 0.901. The molecule has 2 aromatic rings. The second kappa shape index (κ2) is 6.97. The molecule has 1 aliphatic heterocycles. The van der Waals surface area contributed by atoms with Gasteiger partial charge in [0, 0.05) is 30.0 Å². The van der Waals surface area contributed by atoms with Crippen LogP contribution in [0.25, 0.3) is 0 Å². The molecule has 0 atom stereocenters. The molecule has 1 saturated heterocycles. The molecule has 1 fully saturated rings. The number of aromatic nitrogens is 2. The zero-order chi connectivity index (χ0) is 15.4. The van der Waals surface area contributed by atoms with Gasteiger partial charge in [-0.05, 0) is 43.5 Å². The highest BCUT2D eigenvalue weighted by molar-refractivity contribution is 6.31. The molecule has 0 aliphatic carbocycles. The third-order valence-corrected chi connectivity index (χ3v) is 4.49. The van der Waals surface area contributed by atoms with E-state index in [2.05, 4.69) is 20.2 Å². The first-order chi connectivity index (χ1) is 10.7. The third-order valence-electron chi connectivity index (χ3n) is 4.09. The molecule has 1 aliphatic rings. The molecule has 5 heteroatoms. The fourth-order valence-electron chi connectivity index (χ4n) is 2.75. The number of rotatable bonds is 3. The maximum Gasteiger partial charge on any atom is 0.229 e. The van der Waals surface area contributed by atoms with Crippen LogP contribution in [0.1, 0.15) is 31.2 Å². The summed E-state index contributed by atoms with van der Waals surface area (Å²) in [6, 6.07) is 7.79. The molecule has 1 aromatic heterocycles. The maximum atomic E-state index is 6.16. The summed E-state index contributed by atoms with van der Waals surface area (Å²) in [5, 5.41) is 4.02. The molecule has 22 heavy (non-hydrogen) atoms. The van der Waals surface area contributed by atoms with E-state index < -0.39 is 0 Å². The predicted molar refractivity (Wildman–Crippen MR) is 92.2 cm³/mol. The van der Waals surface area contributed by atoms with Crippen LogP contribution in [0.15, 0.2) is 30.5 Å². The van der Waals surface area contributed by atoms with E-state index in [0.717, 1.165) is 35.2 Å². The van der Waals surface area contributed by atoms with Gasteiger partial charge in [-0.1, -0.05) is 30.5 Å². The number of nitrogens with zero attached hydrogens (tertiary/aromatic N) is 3. The SMILES string of the molecule is Cc1c(Cl)cccc1Nc1nccc(N2CCCCCC2)n1. The van der Waals surface area contributed by atoms with Gasteiger partial charge in [0.15, 0.2) is 0 Å². The number of benzene rings is 1. The normalized spacial score (nSPS) is 15.5. The molecule has 0 saturated carbocycles. The van der Waals surface area contributed by atoms with E-state index in [1.54, 1.807) is 0 Å². The minimum Gasteiger partial charge on any atom is -0.356 e. The second-order valence-electron chi connectivity index (χ2n) is 5.68. The third kappa shape index (κ3) is 3.50. The Morgan fingerprint density at radius 2 is 1.86 bits per heavy atom. The molecule has 4 nitrogen and oxygen atoms in total. The van der Waals surface area contributed by atoms with E-state index in [9.17, 15) is 0 Å². The first kappa shape index (κ1) is 15.1. The van der Waals surface area contributed by atoms with Gasteiger partial charge >= 0.3 is 0 Å². The molecular weight excluding hydrogens is 296 g/mol. The molecule has 0 radical (unpaired) electrons. The van der Waals surface area contributed by atoms with Crippen LogP contribution >= 0.6 is 11.6 Å². The molecule has 0 unspecified atom stereocenters. The van der Waals surface area contributed by atoms with Crippen molar-refractivity contribution in [3.05, 3.63) is 41.0 Å². The Morgan fingerprint density at radius 3 is 2.64 bits per heavy atom. The van der Waals surface area contributed by atoms with Gasteiger partial charge in [-0.15, -0.1) is 0 Å². The number of anilines is 3. The summed E-state index contributed by atoms with van der Waals surface area (Å²) in [6.07, 6.45) is 6.92. The van der Waals surface area contributed by atoms with Crippen molar-refractivity contribution in [2.75, 3.05) is 23.3 Å². The molecular formula is C17H21ClN4. The van der Waals surface area contributed by atoms with E-state index in [-0.39, 0.29) is 0 Å². The molecule has 1 aromatic carbocycles. The van der Waals surface area contributed by atoms with Gasteiger partial charge in [0.05, 0.1) is 0 Å². The summed E-state index contributed by atoms with van der Waals surface area (Å²) in [5.74, 6) is 1.62. The molecule has 1 N–H and O–H groups in total. The Hall–Kier alpha value is -1.81. The average molecular weight is 317 g/mol. The van der Waals surface area contributed by atoms with Crippen molar-refractivity contribution in [1.82, 2.24) is 9.97 Å². The largest absolute Gasteiger partial charge is 0.356 e. The molecule has 0 amide bonds. The fourth-order valence-corrected chi connectivity index (χ4v) is 2.92. The molecule has 3 rings (SSSR count). The number of hydrogen-bond acceptors (Lipinski definition) is 4. The van der Waals surface area contributed by atoms with Crippen LogP contribution in [0.3, 0.4) is 0 Å². The Kier molecular flexibility index (Phi) is 4.78. The van der Waals surface area contributed by atoms with Crippen LogP contribution < -0.4 is 10.2 Å². The summed E-state index contributed by atoms with van der Waals surface area (Å²) in [6.45, 7) is 4.14. The van der Waals surface area contributed by atoms with Crippen LogP contribution in [-0.4, -0.2) is 23.1 Å². The van der Waals surface area contributed by atoms with Crippen molar-refractivity contribution in [3.8, 4) is 0 Å². The highest BCUT2D eigenvalue weighted by Gasteiger charge is 2.12. The smallest absolute Gasteiger partial charge is 0.229 e. The number of hydrogen-bond donors (Lipinski definition) is 1. The minimum absolute atomic E-state index is 0.618. The monoisotopic (exact) mass is 316 g/mol. The Balaban J connectivity index is 1.80. The minimum atomic E-state index is 0.618. The van der Waals surface area contributed by atoms with Crippen molar-refractivity contribution in [2.24, 2.45) is 0 Å². The highest BCUT2D eigenvalue weighted by atomic mass is 35.5. The Labute approximate surface area is 136 Å². The van der Waals surface area contributed by atoms with E-state index in [1.807, 2.05) is 37.4 Å². The summed E-state index contributed by atoms with van der Waals surface area (Å²) >= 11 is 6.16. The van der Waals surface area contributed by atoms with Crippen molar-refractivity contribution in [3.63, 3.8) is 0 Å². The van der Waals surface area contributed by atoms with Gasteiger partial charge in [-0.2, -0.15) is 4.98 Å². The molecule has 2 heterocycles. The van der Waals surface area contributed by atoms with Crippen LogP contribution in [0, 0.1) is 6.92 Å². The second-order valence-corrected chi connectivity index (χ2v) is 6.08. The first-order valence-electron chi connectivity index (χ1n) is 7.84. The van der Waals surface area contributed by atoms with E-state index in [4.69, 9.17) is 11.6 Å². The van der Waals surface area contributed by atoms with Crippen LogP contribution in [0.5, 0.6) is 0 Å². The Bertz CT molecular complexity index is 636.